The standard InChI is InChI=1S/C17H22N4O3/c1-12-8-20-17(23-12)11-21-6-4-16(10-21)24-15-3-5-18-14(7-15)9-19-13(2)22/h3,5,7-8,16H,4,6,9-11H2,1-2H3,(H,19,22). The number of hydrogen-bond donors (Lipinski definition) is 1. The molecular formula is C17H22N4O3. The Morgan fingerprint density at radius 1 is 1.50 bits per heavy atom. The third-order valence-electron chi connectivity index (χ3n) is 3.87. The van der Waals surface area contributed by atoms with E-state index >= 15 is 0 Å². The fraction of sp³-hybridized carbons (Fsp3) is 0.471. The number of oxazole rings is 1. The molecule has 1 atom stereocenters. The summed E-state index contributed by atoms with van der Waals surface area (Å²) in [7, 11) is 0. The van der Waals surface area contributed by atoms with Gasteiger partial charge in [-0.3, -0.25) is 14.7 Å². The first-order valence-electron chi connectivity index (χ1n) is 8.08. The van der Waals surface area contributed by atoms with Crippen molar-refractivity contribution in [2.45, 2.75) is 39.5 Å². The highest BCUT2D eigenvalue weighted by atomic mass is 16.5. The van der Waals surface area contributed by atoms with Crippen molar-refractivity contribution in [2.75, 3.05) is 13.1 Å². The van der Waals surface area contributed by atoms with Crippen molar-refractivity contribution in [3.63, 3.8) is 0 Å². The molecule has 0 aromatic carbocycles. The van der Waals surface area contributed by atoms with Gasteiger partial charge in [-0.2, -0.15) is 0 Å². The lowest BCUT2D eigenvalue weighted by molar-refractivity contribution is -0.119. The van der Waals surface area contributed by atoms with Crippen LogP contribution in [0.5, 0.6) is 5.75 Å². The number of aryl methyl sites for hydroxylation is 1. The summed E-state index contributed by atoms with van der Waals surface area (Å²) in [6.45, 7) is 6.29. The van der Waals surface area contributed by atoms with Crippen LogP contribution in [0.15, 0.2) is 28.9 Å². The SMILES string of the molecule is CC(=O)NCc1cc(OC2CCN(Cc3ncc(C)o3)C2)ccn1. The average Bonchev–Trinajstić information content (AvgIpc) is 3.15. The second-order valence-corrected chi connectivity index (χ2v) is 6.02. The maximum absolute atomic E-state index is 11.0. The van der Waals surface area contributed by atoms with E-state index in [9.17, 15) is 4.79 Å². The minimum Gasteiger partial charge on any atom is -0.489 e. The van der Waals surface area contributed by atoms with E-state index in [0.29, 0.717) is 13.1 Å². The van der Waals surface area contributed by atoms with Gasteiger partial charge in [0.15, 0.2) is 0 Å². The van der Waals surface area contributed by atoms with Crippen molar-refractivity contribution < 1.29 is 13.9 Å². The number of ether oxygens (including phenoxy) is 1. The summed E-state index contributed by atoms with van der Waals surface area (Å²) in [6.07, 6.45) is 4.54. The summed E-state index contributed by atoms with van der Waals surface area (Å²) < 4.78 is 11.6. The molecule has 1 amide bonds. The normalized spacial score (nSPS) is 17.8. The number of pyridine rings is 1. The van der Waals surface area contributed by atoms with Gasteiger partial charge in [0.1, 0.15) is 17.6 Å². The molecule has 0 spiro atoms. The molecule has 1 fully saturated rings. The number of amides is 1. The minimum absolute atomic E-state index is 0.0728. The number of carbonyl (C=O) groups is 1. The third kappa shape index (κ3) is 4.55. The summed E-state index contributed by atoms with van der Waals surface area (Å²) in [5.74, 6) is 2.29. The molecule has 2 aromatic heterocycles. The number of carbonyl (C=O) groups excluding carboxylic acids is 1. The molecule has 0 radical (unpaired) electrons. The van der Waals surface area contributed by atoms with Crippen LogP contribution in [-0.4, -0.2) is 40.0 Å². The van der Waals surface area contributed by atoms with Crippen molar-refractivity contribution in [3.05, 3.63) is 41.9 Å². The Morgan fingerprint density at radius 3 is 3.12 bits per heavy atom. The maximum Gasteiger partial charge on any atom is 0.217 e. The second-order valence-electron chi connectivity index (χ2n) is 6.02. The molecule has 1 saturated heterocycles. The Balaban J connectivity index is 1.51. The Morgan fingerprint density at radius 2 is 2.38 bits per heavy atom. The van der Waals surface area contributed by atoms with Gasteiger partial charge in [-0.25, -0.2) is 4.98 Å². The maximum atomic E-state index is 11.0. The first-order valence-corrected chi connectivity index (χ1v) is 8.08. The molecule has 128 valence electrons. The van der Waals surface area contributed by atoms with Crippen LogP contribution in [0.25, 0.3) is 0 Å². The molecule has 1 unspecified atom stereocenters. The first kappa shape index (κ1) is 16.4. The van der Waals surface area contributed by atoms with Crippen LogP contribution in [0.1, 0.15) is 30.7 Å². The van der Waals surface area contributed by atoms with E-state index in [4.69, 9.17) is 9.15 Å². The molecule has 1 aliphatic rings. The number of nitrogens with one attached hydrogen (secondary N) is 1. The first-order chi connectivity index (χ1) is 11.6. The van der Waals surface area contributed by atoms with Crippen molar-refractivity contribution in [1.29, 1.82) is 0 Å². The zero-order valence-electron chi connectivity index (χ0n) is 14.0. The molecule has 24 heavy (non-hydrogen) atoms. The molecular weight excluding hydrogens is 308 g/mol. The molecule has 1 aliphatic heterocycles. The number of likely N-dealkylation sites (tertiary alicyclic amines) is 1. The van der Waals surface area contributed by atoms with Crippen LogP contribution < -0.4 is 10.1 Å². The molecule has 1 N–H and O–H groups in total. The van der Waals surface area contributed by atoms with Crippen molar-refractivity contribution in [3.8, 4) is 5.75 Å². The van der Waals surface area contributed by atoms with E-state index in [2.05, 4.69) is 20.2 Å². The molecule has 7 nitrogen and oxygen atoms in total. The van der Waals surface area contributed by atoms with E-state index in [0.717, 1.165) is 42.6 Å². The van der Waals surface area contributed by atoms with Gasteiger partial charge >= 0.3 is 0 Å². The molecule has 7 heteroatoms. The van der Waals surface area contributed by atoms with Crippen LogP contribution in [0.4, 0.5) is 0 Å². The van der Waals surface area contributed by atoms with Crippen molar-refractivity contribution in [1.82, 2.24) is 20.2 Å². The Hall–Kier alpha value is -2.41. The van der Waals surface area contributed by atoms with Crippen LogP contribution in [-0.2, 0) is 17.9 Å². The van der Waals surface area contributed by atoms with Gasteiger partial charge < -0.3 is 14.5 Å². The lowest BCUT2D eigenvalue weighted by Crippen LogP contribution is -2.25. The van der Waals surface area contributed by atoms with Gasteiger partial charge in [0.2, 0.25) is 11.8 Å². The van der Waals surface area contributed by atoms with Gasteiger partial charge in [0.25, 0.3) is 0 Å². The fourth-order valence-corrected chi connectivity index (χ4v) is 2.74. The smallest absolute Gasteiger partial charge is 0.217 e. The van der Waals surface area contributed by atoms with E-state index in [-0.39, 0.29) is 12.0 Å². The summed E-state index contributed by atoms with van der Waals surface area (Å²) >= 11 is 0. The average molecular weight is 330 g/mol. The van der Waals surface area contributed by atoms with E-state index < -0.39 is 0 Å². The minimum atomic E-state index is -0.0728. The number of hydrogen-bond acceptors (Lipinski definition) is 6. The van der Waals surface area contributed by atoms with Crippen LogP contribution in [0.3, 0.4) is 0 Å². The van der Waals surface area contributed by atoms with Gasteiger partial charge in [-0.15, -0.1) is 0 Å². The predicted octanol–water partition coefficient (Wildman–Crippen LogP) is 1.67. The second kappa shape index (κ2) is 7.44. The summed E-state index contributed by atoms with van der Waals surface area (Å²) in [4.78, 5) is 21.7. The van der Waals surface area contributed by atoms with Crippen molar-refractivity contribution in [2.24, 2.45) is 0 Å². The molecule has 0 saturated carbocycles. The molecule has 0 aliphatic carbocycles. The van der Waals surface area contributed by atoms with Gasteiger partial charge in [0.05, 0.1) is 25.0 Å². The number of nitrogens with zero attached hydrogens (tertiary/aromatic N) is 3. The largest absolute Gasteiger partial charge is 0.489 e. The Bertz CT molecular complexity index is 701. The topological polar surface area (TPSA) is 80.5 Å². The lowest BCUT2D eigenvalue weighted by atomic mass is 10.3. The van der Waals surface area contributed by atoms with Gasteiger partial charge in [0, 0.05) is 32.3 Å². The van der Waals surface area contributed by atoms with Crippen LogP contribution in [0, 0.1) is 6.92 Å². The highest BCUT2D eigenvalue weighted by molar-refractivity contribution is 5.72. The molecule has 2 aromatic rings. The monoisotopic (exact) mass is 330 g/mol. The molecule has 0 bridgehead atoms. The van der Waals surface area contributed by atoms with E-state index in [1.165, 1.54) is 6.92 Å². The summed E-state index contributed by atoms with van der Waals surface area (Å²) in [6, 6.07) is 3.72. The predicted molar refractivity (Wildman–Crippen MR) is 87.3 cm³/mol. The zero-order chi connectivity index (χ0) is 16.9. The van der Waals surface area contributed by atoms with Gasteiger partial charge in [-0.1, -0.05) is 0 Å². The summed E-state index contributed by atoms with van der Waals surface area (Å²) in [5, 5.41) is 2.74. The Labute approximate surface area is 141 Å². The quantitative estimate of drug-likeness (QED) is 0.868. The Kier molecular flexibility index (Phi) is 5.10. The molecule has 3 heterocycles. The van der Waals surface area contributed by atoms with Gasteiger partial charge in [-0.05, 0) is 19.4 Å². The number of rotatable bonds is 6. The van der Waals surface area contributed by atoms with E-state index in [1.807, 2.05) is 19.1 Å². The zero-order valence-corrected chi connectivity index (χ0v) is 14.0. The van der Waals surface area contributed by atoms with E-state index in [1.54, 1.807) is 12.4 Å². The third-order valence-corrected chi connectivity index (χ3v) is 3.87. The van der Waals surface area contributed by atoms with Crippen molar-refractivity contribution >= 4 is 5.91 Å². The summed E-state index contributed by atoms with van der Waals surface area (Å²) in [5.41, 5.74) is 0.785. The van der Waals surface area contributed by atoms with Crippen LogP contribution >= 0.6 is 0 Å². The molecule has 3 rings (SSSR count). The van der Waals surface area contributed by atoms with Crippen LogP contribution in [0.2, 0.25) is 0 Å². The highest BCUT2D eigenvalue weighted by Gasteiger charge is 2.25. The number of aromatic nitrogens is 2. The fourth-order valence-electron chi connectivity index (χ4n) is 2.74. The highest BCUT2D eigenvalue weighted by Crippen LogP contribution is 2.20. The lowest BCUT2D eigenvalue weighted by Gasteiger charge is -2.16.